The van der Waals surface area contributed by atoms with Crippen molar-refractivity contribution in [1.82, 2.24) is 4.90 Å². The Labute approximate surface area is 195 Å². The van der Waals surface area contributed by atoms with Crippen LogP contribution in [-0.4, -0.2) is 22.7 Å². The molecule has 1 aromatic heterocycles. The summed E-state index contributed by atoms with van der Waals surface area (Å²) in [4.78, 5) is 28.7. The average Bonchev–Trinajstić information content (AvgIpc) is 3.37. The number of carbonyl (C=O) groups is 1. The molecule has 7 nitrogen and oxygen atoms in total. The molecule has 164 valence electrons. The molecule has 4 aromatic rings. The standard InChI is InChI=1S/C25H16BrNO6/c26-15-5-7-18-17(10-15)23(29)21-22(14-2-1-3-16(28)9-14)27(25(30)24(21)33-18)11-13-4-6-19-20(8-13)32-12-31-19/h1-10,22,28H,11-12H2. The van der Waals surface area contributed by atoms with Gasteiger partial charge >= 0.3 is 0 Å². The molecule has 1 atom stereocenters. The second-order valence-electron chi connectivity index (χ2n) is 7.93. The molecule has 0 saturated carbocycles. The van der Waals surface area contributed by atoms with Gasteiger partial charge in [-0.15, -0.1) is 0 Å². The Morgan fingerprint density at radius 2 is 1.85 bits per heavy atom. The molecule has 0 radical (unpaired) electrons. The summed E-state index contributed by atoms with van der Waals surface area (Å²) in [6.45, 7) is 0.360. The number of carbonyl (C=O) groups excluding carboxylic acids is 1. The van der Waals surface area contributed by atoms with Crippen molar-refractivity contribution in [3.05, 3.63) is 97.8 Å². The third-order valence-corrected chi connectivity index (χ3v) is 6.40. The van der Waals surface area contributed by atoms with E-state index in [-0.39, 0.29) is 35.8 Å². The second-order valence-corrected chi connectivity index (χ2v) is 8.85. The van der Waals surface area contributed by atoms with Gasteiger partial charge in [0.25, 0.3) is 5.91 Å². The van der Waals surface area contributed by atoms with E-state index in [0.29, 0.717) is 28.0 Å². The van der Waals surface area contributed by atoms with Crippen LogP contribution in [0.2, 0.25) is 0 Å². The highest BCUT2D eigenvalue weighted by atomic mass is 79.9. The van der Waals surface area contributed by atoms with Crippen LogP contribution in [0.4, 0.5) is 0 Å². The molecule has 3 heterocycles. The number of halogens is 1. The molecule has 3 aromatic carbocycles. The number of benzene rings is 3. The van der Waals surface area contributed by atoms with Crippen molar-refractivity contribution in [2.45, 2.75) is 12.6 Å². The van der Waals surface area contributed by atoms with Gasteiger partial charge in [-0.25, -0.2) is 0 Å². The van der Waals surface area contributed by atoms with Crippen molar-refractivity contribution in [1.29, 1.82) is 0 Å². The van der Waals surface area contributed by atoms with Crippen LogP contribution in [0.1, 0.15) is 33.3 Å². The summed E-state index contributed by atoms with van der Waals surface area (Å²) in [5.41, 5.74) is 1.75. The number of phenols is 1. The van der Waals surface area contributed by atoms with Crippen LogP contribution in [0.25, 0.3) is 11.0 Å². The molecule has 0 fully saturated rings. The highest BCUT2D eigenvalue weighted by Gasteiger charge is 2.43. The van der Waals surface area contributed by atoms with Crippen LogP contribution in [0.5, 0.6) is 17.2 Å². The molecular formula is C25H16BrNO6. The number of phenolic OH excluding ortho intramolecular Hbond substituents is 1. The summed E-state index contributed by atoms with van der Waals surface area (Å²) in [7, 11) is 0. The summed E-state index contributed by atoms with van der Waals surface area (Å²) in [5.74, 6) is 0.925. The topological polar surface area (TPSA) is 89.2 Å². The highest BCUT2D eigenvalue weighted by Crippen LogP contribution is 2.41. The summed E-state index contributed by atoms with van der Waals surface area (Å²) in [6.07, 6.45) is 0. The second kappa shape index (κ2) is 7.38. The van der Waals surface area contributed by atoms with Gasteiger partial charge in [0, 0.05) is 11.0 Å². The van der Waals surface area contributed by atoms with Crippen molar-refractivity contribution in [2.75, 3.05) is 6.79 Å². The molecular weight excluding hydrogens is 490 g/mol. The first-order valence-corrected chi connectivity index (χ1v) is 11.0. The Balaban J connectivity index is 1.53. The fraction of sp³-hybridized carbons (Fsp3) is 0.120. The van der Waals surface area contributed by atoms with E-state index in [4.69, 9.17) is 13.9 Å². The predicted molar refractivity (Wildman–Crippen MR) is 123 cm³/mol. The van der Waals surface area contributed by atoms with Gasteiger partial charge in [-0.3, -0.25) is 9.59 Å². The average molecular weight is 506 g/mol. The fourth-order valence-corrected chi connectivity index (χ4v) is 4.79. The van der Waals surface area contributed by atoms with Gasteiger partial charge < -0.3 is 23.9 Å². The predicted octanol–water partition coefficient (Wildman–Crippen LogP) is 4.74. The third-order valence-electron chi connectivity index (χ3n) is 5.90. The van der Waals surface area contributed by atoms with Crippen molar-refractivity contribution in [3.63, 3.8) is 0 Å². The third kappa shape index (κ3) is 3.17. The first-order valence-electron chi connectivity index (χ1n) is 10.2. The van der Waals surface area contributed by atoms with Crippen molar-refractivity contribution in [2.24, 2.45) is 0 Å². The summed E-state index contributed by atoms with van der Waals surface area (Å²) in [5, 5.41) is 10.5. The van der Waals surface area contributed by atoms with E-state index in [1.807, 2.05) is 12.1 Å². The van der Waals surface area contributed by atoms with E-state index in [1.54, 1.807) is 53.4 Å². The van der Waals surface area contributed by atoms with E-state index in [1.165, 1.54) is 0 Å². The Morgan fingerprint density at radius 3 is 2.70 bits per heavy atom. The minimum Gasteiger partial charge on any atom is -0.508 e. The maximum Gasteiger partial charge on any atom is 0.291 e. The maximum absolute atomic E-state index is 13.6. The normalized spacial score (nSPS) is 16.5. The molecule has 2 aliphatic heterocycles. The molecule has 0 aliphatic carbocycles. The zero-order valence-corrected chi connectivity index (χ0v) is 18.7. The molecule has 2 aliphatic rings. The lowest BCUT2D eigenvalue weighted by atomic mass is 9.98. The minimum absolute atomic E-state index is 0.0175. The number of hydrogen-bond acceptors (Lipinski definition) is 6. The Hall–Kier alpha value is -3.78. The molecule has 1 amide bonds. The van der Waals surface area contributed by atoms with Crippen LogP contribution in [-0.2, 0) is 6.54 Å². The lowest BCUT2D eigenvalue weighted by molar-refractivity contribution is 0.0714. The number of aromatic hydroxyl groups is 1. The van der Waals surface area contributed by atoms with Crippen LogP contribution in [0.3, 0.4) is 0 Å². The minimum atomic E-state index is -0.718. The molecule has 1 unspecified atom stereocenters. The fourth-order valence-electron chi connectivity index (χ4n) is 4.43. The SMILES string of the molecule is O=C1c2oc3ccc(Br)cc3c(=O)c2C(c2cccc(O)c2)N1Cc1ccc2c(c1)OCO2. The van der Waals surface area contributed by atoms with E-state index in [2.05, 4.69) is 15.9 Å². The van der Waals surface area contributed by atoms with E-state index in [0.717, 1.165) is 10.0 Å². The van der Waals surface area contributed by atoms with Gasteiger partial charge in [-0.2, -0.15) is 0 Å². The van der Waals surface area contributed by atoms with E-state index in [9.17, 15) is 14.7 Å². The van der Waals surface area contributed by atoms with Gasteiger partial charge in [-0.05, 0) is 53.6 Å². The van der Waals surface area contributed by atoms with Gasteiger partial charge in [0.15, 0.2) is 16.9 Å². The summed E-state index contributed by atoms with van der Waals surface area (Å²) < 4.78 is 17.5. The summed E-state index contributed by atoms with van der Waals surface area (Å²) in [6, 6.07) is 16.4. The van der Waals surface area contributed by atoms with Gasteiger partial charge in [-0.1, -0.05) is 34.1 Å². The van der Waals surface area contributed by atoms with Crippen molar-refractivity contribution >= 4 is 32.8 Å². The number of nitrogens with zero attached hydrogens (tertiary/aromatic N) is 1. The lowest BCUT2D eigenvalue weighted by Crippen LogP contribution is -2.29. The Morgan fingerprint density at radius 1 is 1.00 bits per heavy atom. The number of ether oxygens (including phenoxy) is 2. The number of amides is 1. The Kier molecular flexibility index (Phi) is 4.45. The largest absolute Gasteiger partial charge is 0.508 e. The number of fused-ring (bicyclic) bond motifs is 3. The van der Waals surface area contributed by atoms with E-state index < -0.39 is 11.9 Å². The maximum atomic E-state index is 13.6. The van der Waals surface area contributed by atoms with Gasteiger partial charge in [0.05, 0.1) is 17.0 Å². The smallest absolute Gasteiger partial charge is 0.291 e. The zero-order valence-electron chi connectivity index (χ0n) is 17.1. The summed E-state index contributed by atoms with van der Waals surface area (Å²) >= 11 is 3.40. The molecule has 1 N–H and O–H groups in total. The van der Waals surface area contributed by atoms with Crippen LogP contribution in [0.15, 0.2) is 74.3 Å². The molecule has 8 heteroatoms. The molecule has 0 spiro atoms. The lowest BCUT2D eigenvalue weighted by Gasteiger charge is -2.25. The van der Waals surface area contributed by atoms with Crippen molar-refractivity contribution < 1.29 is 23.8 Å². The molecule has 6 rings (SSSR count). The molecule has 0 saturated heterocycles. The zero-order chi connectivity index (χ0) is 22.7. The van der Waals surface area contributed by atoms with Crippen LogP contribution >= 0.6 is 15.9 Å². The number of rotatable bonds is 3. The molecule has 33 heavy (non-hydrogen) atoms. The van der Waals surface area contributed by atoms with Gasteiger partial charge in [0.1, 0.15) is 11.3 Å². The molecule has 0 bridgehead atoms. The first-order chi connectivity index (χ1) is 16.0. The van der Waals surface area contributed by atoms with Gasteiger partial charge in [0.2, 0.25) is 12.6 Å². The quantitative estimate of drug-likeness (QED) is 0.432. The van der Waals surface area contributed by atoms with Crippen LogP contribution < -0.4 is 14.9 Å². The monoisotopic (exact) mass is 505 g/mol. The van der Waals surface area contributed by atoms with Crippen molar-refractivity contribution in [3.8, 4) is 17.2 Å². The first kappa shape index (κ1) is 19.9. The number of hydrogen-bond donors (Lipinski definition) is 1. The highest BCUT2D eigenvalue weighted by molar-refractivity contribution is 9.10. The van der Waals surface area contributed by atoms with Crippen LogP contribution in [0, 0.1) is 0 Å². The Bertz CT molecular complexity index is 1510. The van der Waals surface area contributed by atoms with E-state index >= 15 is 0 Å².